The van der Waals surface area contributed by atoms with Crippen molar-refractivity contribution in [1.82, 2.24) is 25.2 Å². The van der Waals surface area contributed by atoms with E-state index in [0.29, 0.717) is 12.5 Å². The first-order valence-electron chi connectivity index (χ1n) is 8.24. The second-order valence-electron chi connectivity index (χ2n) is 5.91. The van der Waals surface area contributed by atoms with Crippen molar-refractivity contribution in [2.45, 2.75) is 19.9 Å². The Kier molecular flexibility index (Phi) is 7.63. The number of hydrogen-bond donors (Lipinski definition) is 2. The van der Waals surface area contributed by atoms with Crippen molar-refractivity contribution in [2.24, 2.45) is 10.9 Å². The molecule has 0 saturated carbocycles. The molecule has 0 spiro atoms. The number of guanidine groups is 1. The molecule has 1 fully saturated rings. The standard InChI is InChI=1S/C17H24N6O.HI/c1-13-19-6-7-23(13)16-4-3-14(9-20-16)10-21-17(18-2)22-11-15-5-8-24-12-15;/h3-4,6-7,9,15H,5,8,10-12H2,1-2H3,(H2,18,21,22);1H. The maximum absolute atomic E-state index is 5.39. The first kappa shape index (κ1) is 19.6. The fourth-order valence-corrected chi connectivity index (χ4v) is 2.68. The number of nitrogens with one attached hydrogen (secondary N) is 2. The third kappa shape index (κ3) is 5.40. The highest BCUT2D eigenvalue weighted by molar-refractivity contribution is 14.0. The van der Waals surface area contributed by atoms with Crippen molar-refractivity contribution >= 4 is 29.9 Å². The minimum absolute atomic E-state index is 0. The molecule has 2 N–H and O–H groups in total. The summed E-state index contributed by atoms with van der Waals surface area (Å²) in [6.07, 6.45) is 6.68. The molecule has 1 aliphatic rings. The summed E-state index contributed by atoms with van der Waals surface area (Å²) in [6.45, 7) is 5.23. The number of imidazole rings is 1. The molecule has 0 amide bonds. The fourth-order valence-electron chi connectivity index (χ4n) is 2.68. The van der Waals surface area contributed by atoms with Crippen molar-refractivity contribution in [3.8, 4) is 5.82 Å². The number of rotatable bonds is 5. The normalized spacial score (nSPS) is 17.2. The third-order valence-electron chi connectivity index (χ3n) is 4.15. The number of pyridine rings is 1. The van der Waals surface area contributed by atoms with Crippen molar-refractivity contribution in [1.29, 1.82) is 0 Å². The maximum Gasteiger partial charge on any atom is 0.191 e. The Morgan fingerprint density at radius 2 is 2.24 bits per heavy atom. The number of aromatic nitrogens is 3. The number of halogens is 1. The minimum Gasteiger partial charge on any atom is -0.381 e. The molecule has 3 heterocycles. The highest BCUT2D eigenvalue weighted by Crippen LogP contribution is 2.10. The lowest BCUT2D eigenvalue weighted by atomic mass is 10.1. The molecule has 3 rings (SSSR count). The molecule has 2 aromatic rings. The summed E-state index contributed by atoms with van der Waals surface area (Å²) < 4.78 is 7.35. The quantitative estimate of drug-likeness (QED) is 0.409. The van der Waals surface area contributed by atoms with Crippen LogP contribution in [0.2, 0.25) is 0 Å². The molecule has 0 aromatic carbocycles. The average Bonchev–Trinajstić information content (AvgIpc) is 3.27. The zero-order valence-electron chi connectivity index (χ0n) is 14.6. The monoisotopic (exact) mass is 456 g/mol. The van der Waals surface area contributed by atoms with Gasteiger partial charge < -0.3 is 15.4 Å². The predicted molar refractivity (Wildman–Crippen MR) is 109 cm³/mol. The van der Waals surface area contributed by atoms with Crippen LogP contribution in [0.1, 0.15) is 17.8 Å². The number of aryl methyl sites for hydroxylation is 1. The van der Waals surface area contributed by atoms with Gasteiger partial charge in [0.05, 0.1) is 6.61 Å². The van der Waals surface area contributed by atoms with Crippen LogP contribution >= 0.6 is 24.0 Å². The van der Waals surface area contributed by atoms with E-state index in [1.807, 2.05) is 30.0 Å². The maximum atomic E-state index is 5.39. The predicted octanol–water partition coefficient (Wildman–Crippen LogP) is 1.90. The van der Waals surface area contributed by atoms with Crippen LogP contribution < -0.4 is 10.6 Å². The largest absolute Gasteiger partial charge is 0.381 e. The van der Waals surface area contributed by atoms with Gasteiger partial charge in [-0.2, -0.15) is 0 Å². The molecule has 0 aliphatic carbocycles. The summed E-state index contributed by atoms with van der Waals surface area (Å²) in [7, 11) is 1.78. The van der Waals surface area contributed by atoms with E-state index in [1.165, 1.54) is 0 Å². The summed E-state index contributed by atoms with van der Waals surface area (Å²) in [4.78, 5) is 13.0. The van der Waals surface area contributed by atoms with Crippen LogP contribution in [0, 0.1) is 12.8 Å². The molecule has 136 valence electrons. The van der Waals surface area contributed by atoms with Crippen molar-refractivity contribution < 1.29 is 4.74 Å². The summed E-state index contributed by atoms with van der Waals surface area (Å²) in [5.74, 6) is 3.17. The zero-order chi connectivity index (χ0) is 16.8. The van der Waals surface area contributed by atoms with Gasteiger partial charge in [-0.25, -0.2) is 9.97 Å². The van der Waals surface area contributed by atoms with Crippen LogP contribution in [0.4, 0.5) is 0 Å². The molecule has 25 heavy (non-hydrogen) atoms. The molecule has 2 aromatic heterocycles. The van der Waals surface area contributed by atoms with Crippen LogP contribution in [-0.4, -0.2) is 47.3 Å². The highest BCUT2D eigenvalue weighted by atomic mass is 127. The molecule has 8 heteroatoms. The van der Waals surface area contributed by atoms with Crippen LogP contribution in [0.25, 0.3) is 5.82 Å². The molecular formula is C17H25IN6O. The molecule has 7 nitrogen and oxygen atoms in total. The fraction of sp³-hybridized carbons (Fsp3) is 0.471. The molecule has 0 radical (unpaired) electrons. The first-order valence-corrected chi connectivity index (χ1v) is 8.24. The highest BCUT2D eigenvalue weighted by Gasteiger charge is 2.15. The van der Waals surface area contributed by atoms with Crippen LogP contribution in [-0.2, 0) is 11.3 Å². The Bertz CT molecular complexity index is 679. The Labute approximate surface area is 165 Å². The Morgan fingerprint density at radius 1 is 1.36 bits per heavy atom. The number of nitrogens with zero attached hydrogens (tertiary/aromatic N) is 4. The minimum atomic E-state index is 0. The number of aliphatic imine (C=N–C) groups is 1. The van der Waals surface area contributed by atoms with Gasteiger partial charge in [0.25, 0.3) is 0 Å². The first-order chi connectivity index (χ1) is 11.8. The molecule has 1 aliphatic heterocycles. The van der Waals surface area contributed by atoms with E-state index in [-0.39, 0.29) is 24.0 Å². The van der Waals surface area contributed by atoms with Gasteiger partial charge in [0, 0.05) is 51.3 Å². The van der Waals surface area contributed by atoms with Gasteiger partial charge in [-0.15, -0.1) is 24.0 Å². The van der Waals surface area contributed by atoms with Crippen molar-refractivity contribution in [2.75, 3.05) is 26.8 Å². The summed E-state index contributed by atoms with van der Waals surface area (Å²) in [5.41, 5.74) is 1.10. The second kappa shape index (κ2) is 9.71. The van der Waals surface area contributed by atoms with E-state index in [1.54, 1.807) is 13.2 Å². The second-order valence-corrected chi connectivity index (χ2v) is 5.91. The van der Waals surface area contributed by atoms with Gasteiger partial charge >= 0.3 is 0 Å². The molecule has 1 unspecified atom stereocenters. The summed E-state index contributed by atoms with van der Waals surface area (Å²) in [6, 6.07) is 4.06. The lowest BCUT2D eigenvalue weighted by Crippen LogP contribution is -2.39. The third-order valence-corrected chi connectivity index (χ3v) is 4.15. The van der Waals surface area contributed by atoms with E-state index in [9.17, 15) is 0 Å². The molecular weight excluding hydrogens is 431 g/mol. The van der Waals surface area contributed by atoms with Crippen LogP contribution in [0.3, 0.4) is 0 Å². The van der Waals surface area contributed by atoms with Gasteiger partial charge in [-0.05, 0) is 25.0 Å². The van der Waals surface area contributed by atoms with Crippen LogP contribution in [0.5, 0.6) is 0 Å². The van der Waals surface area contributed by atoms with E-state index < -0.39 is 0 Å². The van der Waals surface area contributed by atoms with Gasteiger partial charge in [0.1, 0.15) is 11.6 Å². The SMILES string of the molecule is CN=C(NCc1ccc(-n2ccnc2C)nc1)NCC1CCOC1.I. The van der Waals surface area contributed by atoms with E-state index >= 15 is 0 Å². The topological polar surface area (TPSA) is 76.4 Å². The Hall–Kier alpha value is -1.68. The van der Waals surface area contributed by atoms with Crippen molar-refractivity contribution in [3.05, 3.63) is 42.1 Å². The number of ether oxygens (including phenoxy) is 1. The lowest BCUT2D eigenvalue weighted by Gasteiger charge is -2.14. The molecule has 1 saturated heterocycles. The Balaban J connectivity index is 0.00000225. The van der Waals surface area contributed by atoms with E-state index in [0.717, 1.165) is 49.3 Å². The molecule has 1 atom stereocenters. The summed E-state index contributed by atoms with van der Waals surface area (Å²) >= 11 is 0. The van der Waals surface area contributed by atoms with Crippen molar-refractivity contribution in [3.63, 3.8) is 0 Å². The van der Waals surface area contributed by atoms with Gasteiger partial charge in [-0.3, -0.25) is 9.56 Å². The molecule has 0 bridgehead atoms. The average molecular weight is 456 g/mol. The van der Waals surface area contributed by atoms with Gasteiger partial charge in [-0.1, -0.05) is 6.07 Å². The lowest BCUT2D eigenvalue weighted by molar-refractivity contribution is 0.186. The smallest absolute Gasteiger partial charge is 0.191 e. The van der Waals surface area contributed by atoms with E-state index in [4.69, 9.17) is 4.74 Å². The summed E-state index contributed by atoms with van der Waals surface area (Å²) in [5, 5.41) is 6.66. The van der Waals surface area contributed by atoms with Gasteiger partial charge in [0.15, 0.2) is 5.96 Å². The van der Waals surface area contributed by atoms with E-state index in [2.05, 4.69) is 31.7 Å². The van der Waals surface area contributed by atoms with Gasteiger partial charge in [0.2, 0.25) is 0 Å². The number of hydrogen-bond acceptors (Lipinski definition) is 4. The zero-order valence-corrected chi connectivity index (χ0v) is 16.9. The Morgan fingerprint density at radius 3 is 2.84 bits per heavy atom. The van der Waals surface area contributed by atoms with Crippen LogP contribution in [0.15, 0.2) is 35.7 Å².